The second-order valence-corrected chi connectivity index (χ2v) is 8.07. The molecule has 0 saturated carbocycles. The maximum Gasteiger partial charge on any atom is 0.269 e. The molecular formula is C12H8BrNO4S2. The first-order chi connectivity index (χ1) is 9.38. The third-order valence-electron chi connectivity index (χ3n) is 2.38. The van der Waals surface area contributed by atoms with Crippen molar-refractivity contribution < 1.29 is 13.3 Å². The van der Waals surface area contributed by atoms with Gasteiger partial charge in [0.15, 0.2) is 9.84 Å². The molecule has 104 valence electrons. The summed E-state index contributed by atoms with van der Waals surface area (Å²) in [6.45, 7) is 0. The molecule has 0 aliphatic carbocycles. The van der Waals surface area contributed by atoms with Gasteiger partial charge in [-0.05, 0) is 46.3 Å². The molecule has 0 radical (unpaired) electrons. The molecule has 0 aliphatic heterocycles. The van der Waals surface area contributed by atoms with E-state index in [4.69, 9.17) is 0 Å². The van der Waals surface area contributed by atoms with E-state index in [9.17, 15) is 18.5 Å². The monoisotopic (exact) mass is 373 g/mol. The zero-order chi connectivity index (χ0) is 14.8. The van der Waals surface area contributed by atoms with Crippen LogP contribution in [0.2, 0.25) is 0 Å². The summed E-state index contributed by atoms with van der Waals surface area (Å²) in [6, 6.07) is 8.40. The van der Waals surface area contributed by atoms with E-state index in [1.807, 2.05) is 6.07 Å². The number of nitro benzene ring substituents is 1. The van der Waals surface area contributed by atoms with E-state index in [0.717, 1.165) is 14.1 Å². The van der Waals surface area contributed by atoms with E-state index in [-0.39, 0.29) is 10.6 Å². The molecule has 8 heteroatoms. The standard InChI is InChI=1S/C12H8BrNO4S2/c13-12-6-3-10(19-12)7-8-20(17,18)11-4-1-9(2-5-11)14(15)16/h1-8H/b8-7+. The number of sulfone groups is 1. The van der Waals surface area contributed by atoms with Crippen molar-refractivity contribution in [3.63, 3.8) is 0 Å². The predicted molar refractivity (Wildman–Crippen MR) is 81.3 cm³/mol. The highest BCUT2D eigenvalue weighted by Crippen LogP contribution is 2.24. The minimum absolute atomic E-state index is 0.0231. The third kappa shape index (κ3) is 3.53. The number of nitrogens with zero attached hydrogens (tertiary/aromatic N) is 1. The number of thiophene rings is 1. The molecule has 0 fully saturated rings. The van der Waals surface area contributed by atoms with Gasteiger partial charge in [0.25, 0.3) is 5.69 Å². The van der Waals surface area contributed by atoms with Crippen LogP contribution in [0.1, 0.15) is 4.88 Å². The smallest absolute Gasteiger partial charge is 0.258 e. The van der Waals surface area contributed by atoms with Crippen LogP contribution < -0.4 is 0 Å². The molecule has 0 N–H and O–H groups in total. The first-order valence-electron chi connectivity index (χ1n) is 5.31. The van der Waals surface area contributed by atoms with Crippen LogP contribution >= 0.6 is 27.3 Å². The topological polar surface area (TPSA) is 77.3 Å². The van der Waals surface area contributed by atoms with Gasteiger partial charge in [-0.25, -0.2) is 8.42 Å². The van der Waals surface area contributed by atoms with Gasteiger partial charge in [-0.3, -0.25) is 10.1 Å². The third-order valence-corrected chi connectivity index (χ3v) is 5.39. The number of halogens is 1. The van der Waals surface area contributed by atoms with Gasteiger partial charge < -0.3 is 0 Å². The van der Waals surface area contributed by atoms with Crippen molar-refractivity contribution in [1.82, 2.24) is 0 Å². The second-order valence-electron chi connectivity index (χ2n) is 3.74. The first kappa shape index (κ1) is 14.9. The first-order valence-corrected chi connectivity index (χ1v) is 8.47. The lowest BCUT2D eigenvalue weighted by Crippen LogP contribution is -1.96. The molecule has 0 unspecified atom stereocenters. The zero-order valence-electron chi connectivity index (χ0n) is 9.89. The van der Waals surface area contributed by atoms with Gasteiger partial charge in [0.05, 0.1) is 13.6 Å². The number of hydrogen-bond donors (Lipinski definition) is 0. The SMILES string of the molecule is O=[N+]([O-])c1ccc(S(=O)(=O)/C=C/c2ccc(Br)s2)cc1. The molecule has 1 heterocycles. The average Bonchev–Trinajstić information content (AvgIpc) is 2.82. The van der Waals surface area contributed by atoms with Gasteiger partial charge in [-0.2, -0.15) is 0 Å². The molecule has 1 aromatic carbocycles. The Labute approximate surface area is 127 Å². The molecule has 1 aromatic heterocycles. The minimum Gasteiger partial charge on any atom is -0.258 e. The van der Waals surface area contributed by atoms with Gasteiger partial charge in [-0.15, -0.1) is 11.3 Å². The fourth-order valence-electron chi connectivity index (χ4n) is 1.41. The summed E-state index contributed by atoms with van der Waals surface area (Å²) in [4.78, 5) is 10.8. The van der Waals surface area contributed by atoms with E-state index < -0.39 is 14.8 Å². The van der Waals surface area contributed by atoms with E-state index in [2.05, 4.69) is 15.9 Å². The molecule has 2 aromatic rings. The number of rotatable bonds is 4. The van der Waals surface area contributed by atoms with Gasteiger partial charge in [0.1, 0.15) is 0 Å². The van der Waals surface area contributed by atoms with Crippen molar-refractivity contribution >= 4 is 48.9 Å². The normalized spacial score (nSPS) is 11.8. The Kier molecular flexibility index (Phi) is 4.36. The molecule has 0 atom stereocenters. The summed E-state index contributed by atoms with van der Waals surface area (Å²) in [5.74, 6) is 0. The summed E-state index contributed by atoms with van der Waals surface area (Å²) in [5.41, 5.74) is -0.143. The fourth-order valence-corrected chi connectivity index (χ4v) is 3.82. The zero-order valence-corrected chi connectivity index (χ0v) is 13.1. The van der Waals surface area contributed by atoms with Crippen LogP contribution in [0.4, 0.5) is 5.69 Å². The average molecular weight is 374 g/mol. The van der Waals surface area contributed by atoms with Crippen LogP contribution in [0.15, 0.2) is 50.5 Å². The number of nitro groups is 1. The minimum atomic E-state index is -3.60. The highest BCUT2D eigenvalue weighted by Gasteiger charge is 2.12. The van der Waals surface area contributed by atoms with Crippen molar-refractivity contribution in [3.05, 3.63) is 60.6 Å². The Bertz CT molecular complexity index is 763. The largest absolute Gasteiger partial charge is 0.269 e. The Balaban J connectivity index is 2.26. The van der Waals surface area contributed by atoms with Gasteiger partial charge in [-0.1, -0.05) is 0 Å². The van der Waals surface area contributed by atoms with Crippen LogP contribution in [0.5, 0.6) is 0 Å². The van der Waals surface area contributed by atoms with Gasteiger partial charge in [0.2, 0.25) is 0 Å². The Hall–Kier alpha value is -1.51. The molecule has 0 spiro atoms. The van der Waals surface area contributed by atoms with Crippen molar-refractivity contribution in [3.8, 4) is 0 Å². The Morgan fingerprint density at radius 2 is 1.80 bits per heavy atom. The summed E-state index contributed by atoms with van der Waals surface area (Å²) in [5, 5.41) is 11.6. The summed E-state index contributed by atoms with van der Waals surface area (Å²) >= 11 is 4.70. The van der Waals surface area contributed by atoms with Crippen LogP contribution in [0, 0.1) is 10.1 Å². The number of non-ortho nitro benzene ring substituents is 1. The van der Waals surface area contributed by atoms with Gasteiger partial charge in [0, 0.05) is 22.4 Å². The molecule has 0 aliphatic rings. The van der Waals surface area contributed by atoms with E-state index >= 15 is 0 Å². The molecule has 0 saturated heterocycles. The van der Waals surface area contributed by atoms with Crippen molar-refractivity contribution in [2.24, 2.45) is 0 Å². The van der Waals surface area contributed by atoms with E-state index in [1.165, 1.54) is 41.7 Å². The lowest BCUT2D eigenvalue weighted by Gasteiger charge is -1.98. The lowest BCUT2D eigenvalue weighted by molar-refractivity contribution is -0.384. The van der Waals surface area contributed by atoms with Gasteiger partial charge >= 0.3 is 0 Å². The van der Waals surface area contributed by atoms with Crippen LogP contribution in [0.3, 0.4) is 0 Å². The maximum atomic E-state index is 12.0. The Morgan fingerprint density at radius 3 is 2.30 bits per heavy atom. The number of hydrogen-bond acceptors (Lipinski definition) is 5. The highest BCUT2D eigenvalue weighted by molar-refractivity contribution is 9.11. The van der Waals surface area contributed by atoms with Crippen LogP contribution in [0.25, 0.3) is 6.08 Å². The summed E-state index contributed by atoms with van der Waals surface area (Å²) in [6.07, 6.45) is 1.49. The van der Waals surface area contributed by atoms with Crippen molar-refractivity contribution in [2.45, 2.75) is 4.90 Å². The molecule has 2 rings (SSSR count). The predicted octanol–water partition coefficient (Wildman–Crippen LogP) is 3.86. The summed E-state index contributed by atoms with van der Waals surface area (Å²) in [7, 11) is -3.60. The second kappa shape index (κ2) is 5.86. The molecule has 0 bridgehead atoms. The van der Waals surface area contributed by atoms with E-state index in [0.29, 0.717) is 0 Å². The lowest BCUT2D eigenvalue weighted by atomic mass is 10.3. The fraction of sp³-hybridized carbons (Fsp3) is 0. The Morgan fingerprint density at radius 1 is 1.15 bits per heavy atom. The molecule has 0 amide bonds. The van der Waals surface area contributed by atoms with Crippen molar-refractivity contribution in [1.29, 1.82) is 0 Å². The van der Waals surface area contributed by atoms with Crippen molar-refractivity contribution in [2.75, 3.05) is 0 Å². The molecule has 20 heavy (non-hydrogen) atoms. The molecular weight excluding hydrogens is 366 g/mol. The summed E-state index contributed by atoms with van der Waals surface area (Å²) < 4.78 is 25.0. The highest BCUT2D eigenvalue weighted by atomic mass is 79.9. The maximum absolute atomic E-state index is 12.0. The van der Waals surface area contributed by atoms with E-state index in [1.54, 1.807) is 6.07 Å². The van der Waals surface area contributed by atoms with Crippen LogP contribution in [-0.2, 0) is 9.84 Å². The molecule has 5 nitrogen and oxygen atoms in total. The quantitative estimate of drug-likeness (QED) is 0.601. The van der Waals surface area contributed by atoms with Crippen LogP contribution in [-0.4, -0.2) is 13.3 Å². The number of benzene rings is 1.